The third-order valence-corrected chi connectivity index (χ3v) is 5.49. The first-order valence-corrected chi connectivity index (χ1v) is 10.2. The van der Waals surface area contributed by atoms with Crippen LogP contribution >= 0.6 is 0 Å². The van der Waals surface area contributed by atoms with Gasteiger partial charge in [0.15, 0.2) is 0 Å². The molecule has 2 N–H and O–H groups in total. The van der Waals surface area contributed by atoms with Gasteiger partial charge in [-0.05, 0) is 73.5 Å². The third-order valence-electron chi connectivity index (χ3n) is 4.08. The van der Waals surface area contributed by atoms with Crippen LogP contribution in [0.2, 0.25) is 0 Å². The molecule has 0 aliphatic heterocycles. The molecule has 7 heteroatoms. The number of carbonyl (C=O) groups is 1. The van der Waals surface area contributed by atoms with Crippen molar-refractivity contribution in [3.8, 4) is 0 Å². The summed E-state index contributed by atoms with van der Waals surface area (Å²) in [5, 5.41) is 2.83. The third kappa shape index (κ3) is 5.03. The highest BCUT2D eigenvalue weighted by Crippen LogP contribution is 2.16. The van der Waals surface area contributed by atoms with Crippen molar-refractivity contribution in [3.63, 3.8) is 0 Å². The molecule has 1 aromatic heterocycles. The minimum atomic E-state index is -3.69. The Labute approximate surface area is 164 Å². The fourth-order valence-corrected chi connectivity index (χ4v) is 3.79. The molecule has 3 aromatic rings. The number of anilines is 1. The lowest BCUT2D eigenvalue weighted by Crippen LogP contribution is -2.23. The van der Waals surface area contributed by atoms with E-state index in [-0.39, 0.29) is 17.3 Å². The van der Waals surface area contributed by atoms with Crippen LogP contribution in [0.1, 0.15) is 27.2 Å². The highest BCUT2D eigenvalue weighted by atomic mass is 32.2. The van der Waals surface area contributed by atoms with Gasteiger partial charge in [-0.1, -0.05) is 12.1 Å². The number of sulfonamides is 1. The molecule has 0 spiro atoms. The molecule has 0 aliphatic rings. The van der Waals surface area contributed by atoms with Crippen LogP contribution in [-0.2, 0) is 16.6 Å². The van der Waals surface area contributed by atoms with Gasteiger partial charge in [-0.2, -0.15) is 0 Å². The minimum Gasteiger partial charge on any atom is -0.322 e. The van der Waals surface area contributed by atoms with Crippen molar-refractivity contribution in [2.45, 2.75) is 25.3 Å². The van der Waals surface area contributed by atoms with Gasteiger partial charge in [0.2, 0.25) is 10.0 Å². The fourth-order valence-electron chi connectivity index (χ4n) is 2.79. The molecule has 6 nitrogen and oxygen atoms in total. The summed E-state index contributed by atoms with van der Waals surface area (Å²) in [5.41, 5.74) is 3.81. The molecule has 0 aliphatic carbocycles. The van der Waals surface area contributed by atoms with Crippen molar-refractivity contribution in [3.05, 3.63) is 89.2 Å². The number of nitrogens with one attached hydrogen (secondary N) is 2. The van der Waals surface area contributed by atoms with E-state index in [0.717, 1.165) is 11.1 Å². The zero-order valence-corrected chi connectivity index (χ0v) is 16.5. The Morgan fingerprint density at radius 2 is 1.64 bits per heavy atom. The van der Waals surface area contributed by atoms with Crippen LogP contribution in [0.4, 0.5) is 5.69 Å². The second-order valence-electron chi connectivity index (χ2n) is 6.50. The van der Waals surface area contributed by atoms with Crippen molar-refractivity contribution >= 4 is 21.6 Å². The average molecular weight is 395 g/mol. The fraction of sp³-hybridized carbons (Fsp3) is 0.143. The van der Waals surface area contributed by atoms with Crippen LogP contribution in [0.3, 0.4) is 0 Å². The highest BCUT2D eigenvalue weighted by molar-refractivity contribution is 7.89. The lowest BCUT2D eigenvalue weighted by atomic mass is 10.1. The first-order chi connectivity index (χ1) is 13.3. The summed E-state index contributed by atoms with van der Waals surface area (Å²) < 4.78 is 27.3. The van der Waals surface area contributed by atoms with E-state index in [9.17, 15) is 13.2 Å². The van der Waals surface area contributed by atoms with E-state index in [1.165, 1.54) is 24.3 Å². The summed E-state index contributed by atoms with van der Waals surface area (Å²) in [6, 6.07) is 16.9. The van der Waals surface area contributed by atoms with Crippen LogP contribution in [0.25, 0.3) is 0 Å². The molecule has 28 heavy (non-hydrogen) atoms. The lowest BCUT2D eigenvalue weighted by Gasteiger charge is -2.09. The number of carbonyl (C=O) groups excluding carboxylic acids is 1. The first kappa shape index (κ1) is 19.7. The van der Waals surface area contributed by atoms with Crippen LogP contribution < -0.4 is 10.0 Å². The number of hydrogen-bond donors (Lipinski definition) is 2. The van der Waals surface area contributed by atoms with Gasteiger partial charge in [0.25, 0.3) is 5.91 Å². The molecule has 0 radical (unpaired) electrons. The normalized spacial score (nSPS) is 11.2. The van der Waals surface area contributed by atoms with Crippen molar-refractivity contribution in [1.82, 2.24) is 9.71 Å². The van der Waals surface area contributed by atoms with Gasteiger partial charge in [0.1, 0.15) is 0 Å². The van der Waals surface area contributed by atoms with E-state index in [0.29, 0.717) is 16.9 Å². The van der Waals surface area contributed by atoms with Crippen molar-refractivity contribution in [1.29, 1.82) is 0 Å². The number of aromatic nitrogens is 1. The Bertz CT molecular complexity index is 1060. The molecule has 0 saturated carbocycles. The van der Waals surface area contributed by atoms with E-state index in [1.807, 2.05) is 32.0 Å². The Morgan fingerprint density at radius 3 is 2.25 bits per heavy atom. The topological polar surface area (TPSA) is 88.2 Å². The summed E-state index contributed by atoms with van der Waals surface area (Å²) in [6.45, 7) is 4.01. The van der Waals surface area contributed by atoms with Gasteiger partial charge < -0.3 is 5.32 Å². The SMILES string of the molecule is Cc1cc(C)cc(NC(=O)c2ccc(S(=O)(=O)NCc3ccccn3)cc2)c1. The minimum absolute atomic E-state index is 0.0892. The van der Waals surface area contributed by atoms with Gasteiger partial charge in [0.05, 0.1) is 17.1 Å². The Hall–Kier alpha value is -3.03. The summed E-state index contributed by atoms with van der Waals surface area (Å²) in [7, 11) is -3.69. The maximum atomic E-state index is 12.4. The number of nitrogens with zero attached hydrogens (tertiary/aromatic N) is 1. The Kier molecular flexibility index (Phi) is 5.87. The van der Waals surface area contributed by atoms with Gasteiger partial charge in [-0.3, -0.25) is 9.78 Å². The lowest BCUT2D eigenvalue weighted by molar-refractivity contribution is 0.102. The van der Waals surface area contributed by atoms with E-state index in [2.05, 4.69) is 15.0 Å². The van der Waals surface area contributed by atoms with Crippen molar-refractivity contribution < 1.29 is 13.2 Å². The molecular formula is C21H21N3O3S. The quantitative estimate of drug-likeness (QED) is 0.669. The summed E-state index contributed by atoms with van der Waals surface area (Å²) in [4.78, 5) is 16.6. The zero-order chi connectivity index (χ0) is 20.1. The van der Waals surface area contributed by atoms with Gasteiger partial charge in [-0.15, -0.1) is 0 Å². The summed E-state index contributed by atoms with van der Waals surface area (Å²) in [6.07, 6.45) is 1.60. The smallest absolute Gasteiger partial charge is 0.255 e. The Morgan fingerprint density at radius 1 is 0.964 bits per heavy atom. The molecule has 0 saturated heterocycles. The predicted molar refractivity (Wildman–Crippen MR) is 109 cm³/mol. The average Bonchev–Trinajstić information content (AvgIpc) is 2.66. The van der Waals surface area contributed by atoms with E-state index in [1.54, 1.807) is 24.4 Å². The van der Waals surface area contributed by atoms with Gasteiger partial charge >= 0.3 is 0 Å². The molecule has 0 atom stereocenters. The molecule has 3 rings (SSSR count). The molecule has 1 amide bonds. The molecule has 0 unspecified atom stereocenters. The number of aryl methyl sites for hydroxylation is 2. The maximum Gasteiger partial charge on any atom is 0.255 e. The molecular weight excluding hydrogens is 374 g/mol. The largest absolute Gasteiger partial charge is 0.322 e. The van der Waals surface area contributed by atoms with Crippen LogP contribution in [0.15, 0.2) is 71.8 Å². The van der Waals surface area contributed by atoms with Crippen LogP contribution in [0.5, 0.6) is 0 Å². The number of hydrogen-bond acceptors (Lipinski definition) is 4. The number of amides is 1. The summed E-state index contributed by atoms with van der Waals surface area (Å²) >= 11 is 0. The number of pyridine rings is 1. The Balaban J connectivity index is 1.68. The highest BCUT2D eigenvalue weighted by Gasteiger charge is 2.15. The maximum absolute atomic E-state index is 12.4. The van der Waals surface area contributed by atoms with Crippen molar-refractivity contribution in [2.75, 3.05) is 5.32 Å². The van der Waals surface area contributed by atoms with Crippen molar-refractivity contribution in [2.24, 2.45) is 0 Å². The molecule has 1 heterocycles. The summed E-state index contributed by atoms with van der Waals surface area (Å²) in [5.74, 6) is -0.296. The molecule has 0 fully saturated rings. The second kappa shape index (κ2) is 8.33. The van der Waals surface area contributed by atoms with E-state index >= 15 is 0 Å². The number of rotatable bonds is 6. The number of benzene rings is 2. The predicted octanol–water partition coefficient (Wildman–Crippen LogP) is 3.43. The van der Waals surface area contributed by atoms with Crippen LogP contribution in [0, 0.1) is 13.8 Å². The molecule has 2 aromatic carbocycles. The monoisotopic (exact) mass is 395 g/mol. The van der Waals surface area contributed by atoms with Gasteiger partial charge in [-0.25, -0.2) is 13.1 Å². The van der Waals surface area contributed by atoms with E-state index in [4.69, 9.17) is 0 Å². The first-order valence-electron chi connectivity index (χ1n) is 8.73. The van der Waals surface area contributed by atoms with Crippen LogP contribution in [-0.4, -0.2) is 19.3 Å². The molecule has 0 bridgehead atoms. The standard InChI is InChI=1S/C21H21N3O3S/c1-15-11-16(2)13-19(12-15)24-21(25)17-6-8-20(9-7-17)28(26,27)23-14-18-5-3-4-10-22-18/h3-13,23H,14H2,1-2H3,(H,24,25). The molecule has 144 valence electrons. The van der Waals surface area contributed by atoms with Gasteiger partial charge in [0, 0.05) is 17.4 Å². The second-order valence-corrected chi connectivity index (χ2v) is 8.27. The zero-order valence-electron chi connectivity index (χ0n) is 15.6. The van der Waals surface area contributed by atoms with E-state index < -0.39 is 10.0 Å².